The molecule has 1 aromatic rings. The van der Waals surface area contributed by atoms with Crippen molar-refractivity contribution in [3.63, 3.8) is 0 Å². The van der Waals surface area contributed by atoms with E-state index in [0.29, 0.717) is 11.3 Å². The summed E-state index contributed by atoms with van der Waals surface area (Å²) in [6.07, 6.45) is 0. The van der Waals surface area contributed by atoms with Gasteiger partial charge in [-0.2, -0.15) is 0 Å². The second-order valence-corrected chi connectivity index (χ2v) is 5.31. The van der Waals surface area contributed by atoms with Crippen LogP contribution in [-0.4, -0.2) is 23.5 Å². The Morgan fingerprint density at radius 1 is 1.32 bits per heavy atom. The molecule has 19 heavy (non-hydrogen) atoms. The van der Waals surface area contributed by atoms with E-state index in [1.54, 1.807) is 26.8 Å². The van der Waals surface area contributed by atoms with E-state index >= 15 is 0 Å². The number of nitrogens with one attached hydrogen (secondary N) is 1. The summed E-state index contributed by atoms with van der Waals surface area (Å²) in [4.78, 5) is 23.1. The number of carboxylic acids is 1. The fourth-order valence-electron chi connectivity index (χ4n) is 1.55. The van der Waals surface area contributed by atoms with Crippen molar-refractivity contribution in [3.8, 4) is 0 Å². The van der Waals surface area contributed by atoms with E-state index in [4.69, 9.17) is 10.8 Å². The number of aryl methyl sites for hydroxylation is 1. The highest BCUT2D eigenvalue weighted by atomic mass is 16.4. The van der Waals surface area contributed by atoms with E-state index in [1.165, 1.54) is 6.07 Å². The van der Waals surface area contributed by atoms with Gasteiger partial charge in [-0.1, -0.05) is 0 Å². The number of carbonyl (C=O) groups is 2. The van der Waals surface area contributed by atoms with Crippen LogP contribution < -0.4 is 11.1 Å². The largest absolute Gasteiger partial charge is 0.478 e. The molecule has 0 heterocycles. The number of aromatic carboxylic acids is 1. The number of amides is 1. The van der Waals surface area contributed by atoms with Gasteiger partial charge in [-0.15, -0.1) is 0 Å². The molecule has 0 spiro atoms. The second-order valence-electron chi connectivity index (χ2n) is 5.31. The van der Waals surface area contributed by atoms with Crippen LogP contribution in [0.5, 0.6) is 0 Å². The summed E-state index contributed by atoms with van der Waals surface area (Å²) in [5, 5.41) is 11.8. The molecule has 0 aliphatic heterocycles. The third-order valence-corrected chi connectivity index (χ3v) is 3.28. The van der Waals surface area contributed by atoms with E-state index in [9.17, 15) is 9.59 Å². The summed E-state index contributed by atoms with van der Waals surface area (Å²) < 4.78 is 0. The molecular weight excluding hydrogens is 244 g/mol. The maximum atomic E-state index is 12.0. The Bertz CT molecular complexity index is 522. The first kappa shape index (κ1) is 15.2. The number of hydrogen-bond donors (Lipinski definition) is 3. The van der Waals surface area contributed by atoms with Crippen molar-refractivity contribution in [2.24, 2.45) is 11.1 Å². The van der Waals surface area contributed by atoms with Gasteiger partial charge in [0.2, 0.25) is 5.91 Å². The summed E-state index contributed by atoms with van der Waals surface area (Å²) in [6.45, 7) is 7.25. The van der Waals surface area contributed by atoms with Gasteiger partial charge in [-0.3, -0.25) is 4.79 Å². The number of hydrogen-bond acceptors (Lipinski definition) is 3. The van der Waals surface area contributed by atoms with Gasteiger partial charge in [0.15, 0.2) is 0 Å². The molecule has 0 aliphatic rings. The van der Waals surface area contributed by atoms with Crippen LogP contribution in [0.2, 0.25) is 0 Å². The molecule has 0 atom stereocenters. The average molecular weight is 264 g/mol. The van der Waals surface area contributed by atoms with E-state index < -0.39 is 11.4 Å². The Morgan fingerprint density at radius 2 is 1.89 bits per heavy atom. The fourth-order valence-corrected chi connectivity index (χ4v) is 1.55. The molecule has 0 fully saturated rings. The number of anilines is 1. The minimum absolute atomic E-state index is 0.195. The fraction of sp³-hybridized carbons (Fsp3) is 0.429. The molecule has 0 aromatic heterocycles. The van der Waals surface area contributed by atoms with Crippen LogP contribution in [0.1, 0.15) is 35.3 Å². The van der Waals surface area contributed by atoms with E-state index in [1.807, 2.05) is 6.92 Å². The molecular formula is C14H20N2O3. The molecule has 1 rings (SSSR count). The highest BCUT2D eigenvalue weighted by molar-refractivity contribution is 5.97. The SMILES string of the molecule is Cc1cc(NC(=O)C(C)(C)CN)cc(C(=O)O)c1C. The zero-order valence-electron chi connectivity index (χ0n) is 11.7. The molecule has 1 amide bonds. The third kappa shape index (κ3) is 3.32. The predicted molar refractivity (Wildman–Crippen MR) is 74.3 cm³/mol. The van der Waals surface area contributed by atoms with Crippen molar-refractivity contribution in [1.82, 2.24) is 0 Å². The zero-order chi connectivity index (χ0) is 14.8. The van der Waals surface area contributed by atoms with Gasteiger partial charge in [-0.25, -0.2) is 4.79 Å². The Balaban J connectivity index is 3.10. The Morgan fingerprint density at radius 3 is 2.37 bits per heavy atom. The molecule has 5 heteroatoms. The van der Waals surface area contributed by atoms with Crippen LogP contribution >= 0.6 is 0 Å². The molecule has 104 valence electrons. The predicted octanol–water partition coefficient (Wildman–Crippen LogP) is 1.93. The number of nitrogens with two attached hydrogens (primary N) is 1. The summed E-state index contributed by atoms with van der Waals surface area (Å²) in [5.74, 6) is -1.23. The smallest absolute Gasteiger partial charge is 0.336 e. The number of benzene rings is 1. The van der Waals surface area contributed by atoms with Crippen LogP contribution in [0, 0.1) is 19.3 Å². The molecule has 0 saturated heterocycles. The first-order valence-corrected chi connectivity index (χ1v) is 6.05. The van der Waals surface area contributed by atoms with Gasteiger partial charge < -0.3 is 16.2 Å². The van der Waals surface area contributed by atoms with E-state index in [-0.39, 0.29) is 18.0 Å². The van der Waals surface area contributed by atoms with Crippen molar-refractivity contribution in [3.05, 3.63) is 28.8 Å². The van der Waals surface area contributed by atoms with E-state index in [0.717, 1.165) is 5.56 Å². The first-order valence-electron chi connectivity index (χ1n) is 6.05. The lowest BCUT2D eigenvalue weighted by atomic mass is 9.92. The summed E-state index contributed by atoms with van der Waals surface area (Å²) in [5.41, 5.74) is 7.04. The second kappa shape index (κ2) is 5.40. The van der Waals surface area contributed by atoms with Crippen LogP contribution in [-0.2, 0) is 4.79 Å². The van der Waals surface area contributed by atoms with Crippen LogP contribution in [0.4, 0.5) is 5.69 Å². The monoisotopic (exact) mass is 264 g/mol. The molecule has 0 unspecified atom stereocenters. The van der Waals surface area contributed by atoms with Crippen LogP contribution in [0.3, 0.4) is 0 Å². The van der Waals surface area contributed by atoms with Crippen molar-refractivity contribution in [2.75, 3.05) is 11.9 Å². The summed E-state index contributed by atoms with van der Waals surface area (Å²) >= 11 is 0. The van der Waals surface area contributed by atoms with Crippen molar-refractivity contribution in [1.29, 1.82) is 0 Å². The minimum Gasteiger partial charge on any atom is -0.478 e. The number of carboxylic acid groups (broad SMARTS) is 1. The van der Waals surface area contributed by atoms with Gasteiger partial charge in [0.1, 0.15) is 0 Å². The lowest BCUT2D eigenvalue weighted by Crippen LogP contribution is -2.37. The molecule has 0 aliphatic carbocycles. The van der Waals surface area contributed by atoms with E-state index in [2.05, 4.69) is 5.32 Å². The molecule has 0 saturated carbocycles. The highest BCUT2D eigenvalue weighted by Crippen LogP contribution is 2.22. The van der Waals surface area contributed by atoms with Crippen LogP contribution in [0.15, 0.2) is 12.1 Å². The molecule has 1 aromatic carbocycles. The maximum absolute atomic E-state index is 12.0. The Kier molecular flexibility index (Phi) is 4.32. The van der Waals surface area contributed by atoms with Crippen molar-refractivity contribution in [2.45, 2.75) is 27.7 Å². The molecule has 0 radical (unpaired) electrons. The number of rotatable bonds is 4. The normalized spacial score (nSPS) is 11.2. The molecule has 5 nitrogen and oxygen atoms in total. The topological polar surface area (TPSA) is 92.4 Å². The lowest BCUT2D eigenvalue weighted by molar-refractivity contribution is -0.123. The maximum Gasteiger partial charge on any atom is 0.336 e. The zero-order valence-corrected chi connectivity index (χ0v) is 11.7. The minimum atomic E-state index is -1.00. The summed E-state index contributed by atoms with van der Waals surface area (Å²) in [7, 11) is 0. The van der Waals surface area contributed by atoms with Crippen LogP contribution in [0.25, 0.3) is 0 Å². The Hall–Kier alpha value is -1.88. The molecule has 4 N–H and O–H groups in total. The van der Waals surface area contributed by atoms with Crippen molar-refractivity contribution < 1.29 is 14.7 Å². The standard InChI is InChI=1S/C14H20N2O3/c1-8-5-10(6-11(9(8)2)12(17)18)16-13(19)14(3,4)7-15/h5-6H,7,15H2,1-4H3,(H,16,19)(H,17,18). The van der Waals surface area contributed by atoms with Gasteiger partial charge in [-0.05, 0) is 51.0 Å². The third-order valence-electron chi connectivity index (χ3n) is 3.28. The Labute approximate surface area is 112 Å². The van der Waals surface area contributed by atoms with Gasteiger partial charge in [0, 0.05) is 12.2 Å². The average Bonchev–Trinajstić information content (AvgIpc) is 2.32. The summed E-state index contributed by atoms with van der Waals surface area (Å²) in [6, 6.07) is 3.22. The van der Waals surface area contributed by atoms with Gasteiger partial charge in [0.25, 0.3) is 0 Å². The lowest BCUT2D eigenvalue weighted by Gasteiger charge is -2.21. The molecule has 0 bridgehead atoms. The quantitative estimate of drug-likeness (QED) is 0.774. The first-order chi connectivity index (χ1) is 8.69. The van der Waals surface area contributed by atoms with Crippen molar-refractivity contribution >= 4 is 17.6 Å². The highest BCUT2D eigenvalue weighted by Gasteiger charge is 2.26. The van der Waals surface area contributed by atoms with Gasteiger partial charge in [0.05, 0.1) is 11.0 Å². The van der Waals surface area contributed by atoms with Gasteiger partial charge >= 0.3 is 5.97 Å². The number of carbonyl (C=O) groups excluding carboxylic acids is 1.